The average Bonchev–Trinajstić information content (AvgIpc) is 2.30. The highest BCUT2D eigenvalue weighted by Gasteiger charge is 1.99. The molecule has 1 aromatic heterocycles. The van der Waals surface area contributed by atoms with Crippen molar-refractivity contribution in [1.82, 2.24) is 4.98 Å². The van der Waals surface area contributed by atoms with Gasteiger partial charge in [-0.3, -0.25) is 0 Å². The molecule has 0 amide bonds. The van der Waals surface area contributed by atoms with Crippen LogP contribution in [0.15, 0.2) is 12.1 Å². The molecular weight excluding hydrogens is 186 g/mol. The van der Waals surface area contributed by atoms with Gasteiger partial charge in [-0.1, -0.05) is 0 Å². The SMILES string of the molecule is Cc1cc2[nH]c(=S)sc2cc1C. The first-order valence-electron chi connectivity index (χ1n) is 3.77. The van der Waals surface area contributed by atoms with Gasteiger partial charge in [-0.05, 0) is 49.3 Å². The summed E-state index contributed by atoms with van der Waals surface area (Å²) in [5.74, 6) is 0. The fourth-order valence-electron chi connectivity index (χ4n) is 1.21. The first-order chi connectivity index (χ1) is 5.66. The molecule has 1 aromatic carbocycles. The van der Waals surface area contributed by atoms with Crippen molar-refractivity contribution in [2.75, 3.05) is 0 Å². The Kier molecular flexibility index (Phi) is 1.77. The molecule has 0 fully saturated rings. The van der Waals surface area contributed by atoms with Gasteiger partial charge >= 0.3 is 0 Å². The van der Waals surface area contributed by atoms with Gasteiger partial charge in [0.2, 0.25) is 0 Å². The van der Waals surface area contributed by atoms with E-state index >= 15 is 0 Å². The van der Waals surface area contributed by atoms with Crippen LogP contribution in [-0.2, 0) is 0 Å². The Morgan fingerprint density at radius 3 is 2.67 bits per heavy atom. The van der Waals surface area contributed by atoms with E-state index in [2.05, 4.69) is 31.0 Å². The summed E-state index contributed by atoms with van der Waals surface area (Å²) in [6.45, 7) is 4.24. The summed E-state index contributed by atoms with van der Waals surface area (Å²) in [6, 6.07) is 4.33. The monoisotopic (exact) mass is 195 g/mol. The maximum Gasteiger partial charge on any atom is 0.159 e. The molecule has 0 saturated carbocycles. The predicted molar refractivity (Wildman–Crippen MR) is 56.5 cm³/mol. The largest absolute Gasteiger partial charge is 0.337 e. The van der Waals surface area contributed by atoms with E-state index in [9.17, 15) is 0 Å². The normalized spacial score (nSPS) is 10.8. The van der Waals surface area contributed by atoms with Crippen LogP contribution >= 0.6 is 23.6 Å². The highest BCUT2D eigenvalue weighted by atomic mass is 32.1. The number of nitrogens with one attached hydrogen (secondary N) is 1. The van der Waals surface area contributed by atoms with Gasteiger partial charge in [0, 0.05) is 0 Å². The molecule has 1 heterocycles. The van der Waals surface area contributed by atoms with Gasteiger partial charge in [0.05, 0.1) is 10.2 Å². The standard InChI is InChI=1S/C9H9NS2/c1-5-3-7-8(4-6(5)2)12-9(11)10-7/h3-4H,1-2H3,(H,10,11). The van der Waals surface area contributed by atoms with Gasteiger partial charge in [0.25, 0.3) is 0 Å². The average molecular weight is 195 g/mol. The lowest BCUT2D eigenvalue weighted by Crippen LogP contribution is -1.78. The Bertz CT molecular complexity index is 437. The fourth-order valence-corrected chi connectivity index (χ4v) is 2.40. The van der Waals surface area contributed by atoms with Crippen LogP contribution < -0.4 is 0 Å². The Balaban J connectivity index is 2.92. The van der Waals surface area contributed by atoms with Crippen LogP contribution in [-0.4, -0.2) is 4.98 Å². The lowest BCUT2D eigenvalue weighted by atomic mass is 10.1. The minimum Gasteiger partial charge on any atom is -0.337 e. The molecule has 1 nitrogen and oxygen atoms in total. The van der Waals surface area contributed by atoms with Gasteiger partial charge in [-0.25, -0.2) is 0 Å². The molecule has 0 aliphatic heterocycles. The van der Waals surface area contributed by atoms with Crippen molar-refractivity contribution in [3.8, 4) is 0 Å². The van der Waals surface area contributed by atoms with E-state index in [1.54, 1.807) is 11.3 Å². The van der Waals surface area contributed by atoms with Crippen LogP contribution in [0.1, 0.15) is 11.1 Å². The van der Waals surface area contributed by atoms with Crippen molar-refractivity contribution in [3.05, 3.63) is 27.2 Å². The van der Waals surface area contributed by atoms with Crippen molar-refractivity contribution in [2.45, 2.75) is 13.8 Å². The highest BCUT2D eigenvalue weighted by molar-refractivity contribution is 7.73. The van der Waals surface area contributed by atoms with Crippen molar-refractivity contribution in [3.63, 3.8) is 0 Å². The molecule has 62 valence electrons. The van der Waals surface area contributed by atoms with Gasteiger partial charge in [0.15, 0.2) is 3.95 Å². The van der Waals surface area contributed by atoms with Crippen LogP contribution in [0.25, 0.3) is 10.2 Å². The summed E-state index contributed by atoms with van der Waals surface area (Å²) < 4.78 is 2.11. The molecule has 12 heavy (non-hydrogen) atoms. The second-order valence-corrected chi connectivity index (χ2v) is 4.67. The molecule has 0 aliphatic rings. The van der Waals surface area contributed by atoms with E-state index in [0.29, 0.717) is 0 Å². The third kappa shape index (κ3) is 1.19. The topological polar surface area (TPSA) is 15.8 Å². The molecule has 0 spiro atoms. The van der Waals surface area contributed by atoms with Crippen molar-refractivity contribution in [2.24, 2.45) is 0 Å². The summed E-state index contributed by atoms with van der Waals surface area (Å²) in [4.78, 5) is 3.16. The second-order valence-electron chi connectivity index (χ2n) is 2.95. The Hall–Kier alpha value is -0.670. The molecule has 2 aromatic rings. The maximum atomic E-state index is 5.06. The summed E-state index contributed by atoms with van der Waals surface area (Å²) in [6.07, 6.45) is 0. The Morgan fingerprint density at radius 1 is 1.25 bits per heavy atom. The number of aryl methyl sites for hydroxylation is 2. The number of hydrogen-bond acceptors (Lipinski definition) is 2. The predicted octanol–water partition coefficient (Wildman–Crippen LogP) is 3.58. The number of hydrogen-bond donors (Lipinski definition) is 1. The zero-order chi connectivity index (χ0) is 8.72. The first kappa shape index (κ1) is 7.95. The van der Waals surface area contributed by atoms with E-state index in [1.165, 1.54) is 15.8 Å². The van der Waals surface area contributed by atoms with Gasteiger partial charge in [0.1, 0.15) is 0 Å². The first-order valence-corrected chi connectivity index (χ1v) is 4.99. The van der Waals surface area contributed by atoms with E-state index < -0.39 is 0 Å². The lowest BCUT2D eigenvalue weighted by Gasteiger charge is -1.97. The number of fused-ring (bicyclic) bond motifs is 1. The zero-order valence-corrected chi connectivity index (χ0v) is 8.60. The summed E-state index contributed by atoms with van der Waals surface area (Å²) in [5, 5.41) is 0. The number of aromatic amines is 1. The Labute approximate surface area is 80.1 Å². The third-order valence-corrected chi connectivity index (χ3v) is 3.23. The van der Waals surface area contributed by atoms with Crippen LogP contribution in [0, 0.1) is 17.8 Å². The highest BCUT2D eigenvalue weighted by Crippen LogP contribution is 2.22. The quantitative estimate of drug-likeness (QED) is 0.635. The van der Waals surface area contributed by atoms with E-state index in [0.717, 1.165) is 9.47 Å². The van der Waals surface area contributed by atoms with Gasteiger partial charge in [-0.15, -0.1) is 11.3 Å². The lowest BCUT2D eigenvalue weighted by molar-refractivity contribution is 1.35. The fraction of sp³-hybridized carbons (Fsp3) is 0.222. The number of H-pyrrole nitrogens is 1. The molecule has 0 saturated heterocycles. The molecular formula is C9H9NS2. The van der Waals surface area contributed by atoms with Gasteiger partial charge < -0.3 is 4.98 Å². The smallest absolute Gasteiger partial charge is 0.159 e. The maximum absolute atomic E-state index is 5.06. The molecule has 2 rings (SSSR count). The van der Waals surface area contributed by atoms with Crippen molar-refractivity contribution >= 4 is 33.8 Å². The Morgan fingerprint density at radius 2 is 1.92 bits per heavy atom. The molecule has 0 radical (unpaired) electrons. The minimum absolute atomic E-state index is 0.856. The second kappa shape index (κ2) is 2.68. The van der Waals surface area contributed by atoms with Crippen LogP contribution in [0.4, 0.5) is 0 Å². The van der Waals surface area contributed by atoms with Crippen molar-refractivity contribution < 1.29 is 0 Å². The molecule has 1 N–H and O–H groups in total. The number of rotatable bonds is 0. The molecule has 0 unspecified atom stereocenters. The number of benzene rings is 1. The van der Waals surface area contributed by atoms with Crippen LogP contribution in [0.2, 0.25) is 0 Å². The molecule has 0 bridgehead atoms. The van der Waals surface area contributed by atoms with Crippen LogP contribution in [0.3, 0.4) is 0 Å². The summed E-state index contributed by atoms with van der Waals surface area (Å²) in [5.41, 5.74) is 3.80. The number of aromatic nitrogens is 1. The van der Waals surface area contributed by atoms with Gasteiger partial charge in [-0.2, -0.15) is 0 Å². The summed E-state index contributed by atoms with van der Waals surface area (Å²) in [7, 11) is 0. The zero-order valence-electron chi connectivity index (χ0n) is 6.97. The van der Waals surface area contributed by atoms with E-state index in [1.807, 2.05) is 0 Å². The molecule has 0 atom stereocenters. The van der Waals surface area contributed by atoms with Crippen LogP contribution in [0.5, 0.6) is 0 Å². The van der Waals surface area contributed by atoms with E-state index in [4.69, 9.17) is 12.2 Å². The number of thiazole rings is 1. The van der Waals surface area contributed by atoms with Crippen molar-refractivity contribution in [1.29, 1.82) is 0 Å². The molecule has 3 heteroatoms. The minimum atomic E-state index is 0.856. The van der Waals surface area contributed by atoms with E-state index in [-0.39, 0.29) is 0 Å². The third-order valence-electron chi connectivity index (χ3n) is 2.04. The summed E-state index contributed by atoms with van der Waals surface area (Å²) >= 11 is 6.70. The molecule has 0 aliphatic carbocycles.